The van der Waals surface area contributed by atoms with Crippen molar-refractivity contribution in [3.05, 3.63) is 32.1 Å². The Morgan fingerprint density at radius 1 is 1.21 bits per heavy atom. The van der Waals surface area contributed by atoms with Crippen LogP contribution in [0.2, 0.25) is 0 Å². The highest BCUT2D eigenvalue weighted by Gasteiger charge is 2.38. The summed E-state index contributed by atoms with van der Waals surface area (Å²) in [7, 11) is 0. The van der Waals surface area contributed by atoms with Crippen LogP contribution in [0.15, 0.2) is 9.59 Å². The third kappa shape index (κ3) is 2.37. The molecule has 3 rings (SSSR count). The zero-order valence-electron chi connectivity index (χ0n) is 11.2. The van der Waals surface area contributed by atoms with Gasteiger partial charge in [-0.05, 0) is 26.7 Å². The fourth-order valence-corrected chi connectivity index (χ4v) is 2.91. The maximum Gasteiger partial charge on any atom is 0.325 e. The van der Waals surface area contributed by atoms with Crippen LogP contribution in [0, 0.1) is 0 Å². The molecule has 19 heavy (non-hydrogen) atoms. The molecule has 0 aromatic carbocycles. The van der Waals surface area contributed by atoms with Gasteiger partial charge < -0.3 is 9.72 Å². The smallest absolute Gasteiger partial charge is 0.325 e. The van der Waals surface area contributed by atoms with E-state index in [0.717, 1.165) is 18.5 Å². The number of nitrogens with one attached hydrogen (secondary N) is 2. The standard InChI is InChI=1S/C13H19N3O3/c1-7(2)19-9-3-8(4-9)16-5-10-11(6-16)14-13(18)15-12(10)17/h7-9H,3-6H2,1-2H3,(H2,14,15,17,18). The molecule has 2 aliphatic rings. The van der Waals surface area contributed by atoms with Gasteiger partial charge in [0.05, 0.1) is 17.8 Å². The Labute approximate surface area is 110 Å². The SMILES string of the molecule is CC(C)OC1CC(N2Cc3[nH]c(=O)[nH]c(=O)c3C2)C1. The first-order valence-electron chi connectivity index (χ1n) is 6.77. The highest BCUT2D eigenvalue weighted by molar-refractivity contribution is 5.21. The second-order valence-electron chi connectivity index (χ2n) is 5.70. The number of H-pyrrole nitrogens is 2. The van der Waals surface area contributed by atoms with Gasteiger partial charge in [0.25, 0.3) is 5.56 Å². The summed E-state index contributed by atoms with van der Waals surface area (Å²) in [4.78, 5) is 30.2. The third-order valence-electron chi connectivity index (χ3n) is 3.90. The maximum atomic E-state index is 11.7. The molecular formula is C13H19N3O3. The van der Waals surface area contributed by atoms with E-state index in [2.05, 4.69) is 14.9 Å². The van der Waals surface area contributed by atoms with Crippen LogP contribution in [0.1, 0.15) is 37.9 Å². The van der Waals surface area contributed by atoms with Gasteiger partial charge in [-0.1, -0.05) is 0 Å². The fraction of sp³-hybridized carbons (Fsp3) is 0.692. The Morgan fingerprint density at radius 2 is 1.95 bits per heavy atom. The summed E-state index contributed by atoms with van der Waals surface area (Å²) in [6.07, 6.45) is 2.62. The van der Waals surface area contributed by atoms with Crippen LogP contribution in [-0.4, -0.2) is 33.1 Å². The van der Waals surface area contributed by atoms with E-state index in [1.807, 2.05) is 13.8 Å². The Morgan fingerprint density at radius 3 is 2.63 bits per heavy atom. The van der Waals surface area contributed by atoms with Crippen molar-refractivity contribution in [2.24, 2.45) is 0 Å². The Balaban J connectivity index is 1.65. The van der Waals surface area contributed by atoms with E-state index in [4.69, 9.17) is 4.74 Å². The quantitative estimate of drug-likeness (QED) is 0.826. The van der Waals surface area contributed by atoms with E-state index in [0.29, 0.717) is 30.8 Å². The predicted molar refractivity (Wildman–Crippen MR) is 70.0 cm³/mol. The van der Waals surface area contributed by atoms with Gasteiger partial charge in [0.2, 0.25) is 0 Å². The molecule has 0 bridgehead atoms. The second kappa shape index (κ2) is 4.61. The zero-order chi connectivity index (χ0) is 13.6. The van der Waals surface area contributed by atoms with E-state index in [9.17, 15) is 9.59 Å². The summed E-state index contributed by atoms with van der Waals surface area (Å²) in [6, 6.07) is 0.457. The van der Waals surface area contributed by atoms with Gasteiger partial charge in [0, 0.05) is 24.8 Å². The Kier molecular flexibility index (Phi) is 3.06. The summed E-state index contributed by atoms with van der Waals surface area (Å²) >= 11 is 0. The Hall–Kier alpha value is -1.40. The van der Waals surface area contributed by atoms with Gasteiger partial charge in [0.15, 0.2) is 0 Å². The van der Waals surface area contributed by atoms with Gasteiger partial charge in [-0.15, -0.1) is 0 Å². The van der Waals surface area contributed by atoms with Crippen LogP contribution in [0.25, 0.3) is 0 Å². The van der Waals surface area contributed by atoms with Crippen molar-refractivity contribution in [1.29, 1.82) is 0 Å². The predicted octanol–water partition coefficient (Wildman–Crippen LogP) is 0.335. The molecule has 0 saturated heterocycles. The molecule has 104 valence electrons. The van der Waals surface area contributed by atoms with Crippen molar-refractivity contribution in [1.82, 2.24) is 14.9 Å². The number of aromatic amines is 2. The monoisotopic (exact) mass is 265 g/mol. The molecular weight excluding hydrogens is 246 g/mol. The molecule has 1 aromatic heterocycles. The molecule has 6 nitrogen and oxygen atoms in total. The first-order chi connectivity index (χ1) is 9.02. The number of hydrogen-bond donors (Lipinski definition) is 2. The first kappa shape index (κ1) is 12.6. The zero-order valence-corrected chi connectivity index (χ0v) is 11.2. The van der Waals surface area contributed by atoms with Crippen molar-refractivity contribution in [2.75, 3.05) is 0 Å². The van der Waals surface area contributed by atoms with Crippen LogP contribution in [0.5, 0.6) is 0 Å². The van der Waals surface area contributed by atoms with Crippen LogP contribution in [-0.2, 0) is 17.8 Å². The van der Waals surface area contributed by atoms with Crippen molar-refractivity contribution in [3.63, 3.8) is 0 Å². The minimum Gasteiger partial charge on any atom is -0.375 e. The van der Waals surface area contributed by atoms with E-state index in [1.165, 1.54) is 0 Å². The summed E-state index contributed by atoms with van der Waals surface area (Å²) in [5.74, 6) is 0. The lowest BCUT2D eigenvalue weighted by Crippen LogP contribution is -2.46. The fourth-order valence-electron chi connectivity index (χ4n) is 2.91. The molecule has 6 heteroatoms. The normalized spacial score (nSPS) is 26.5. The number of fused-ring (bicyclic) bond motifs is 1. The summed E-state index contributed by atoms with van der Waals surface area (Å²) in [5, 5.41) is 0. The van der Waals surface area contributed by atoms with E-state index in [1.54, 1.807) is 0 Å². The van der Waals surface area contributed by atoms with Gasteiger partial charge >= 0.3 is 5.69 Å². The van der Waals surface area contributed by atoms with E-state index in [-0.39, 0.29) is 11.7 Å². The maximum absolute atomic E-state index is 11.7. The number of aromatic nitrogens is 2. The van der Waals surface area contributed by atoms with E-state index < -0.39 is 5.69 Å². The molecule has 0 radical (unpaired) electrons. The largest absolute Gasteiger partial charge is 0.375 e. The molecule has 0 spiro atoms. The number of hydrogen-bond acceptors (Lipinski definition) is 4. The molecule has 2 N–H and O–H groups in total. The number of nitrogens with zero attached hydrogens (tertiary/aromatic N) is 1. The molecule has 2 heterocycles. The second-order valence-corrected chi connectivity index (χ2v) is 5.70. The van der Waals surface area contributed by atoms with Gasteiger partial charge in [-0.2, -0.15) is 0 Å². The van der Waals surface area contributed by atoms with Gasteiger partial charge in [-0.25, -0.2) is 4.79 Å². The molecule has 0 unspecified atom stereocenters. The van der Waals surface area contributed by atoms with Gasteiger partial charge in [-0.3, -0.25) is 14.7 Å². The lowest BCUT2D eigenvalue weighted by atomic mass is 9.88. The molecule has 1 aromatic rings. The third-order valence-corrected chi connectivity index (χ3v) is 3.90. The molecule has 1 saturated carbocycles. The van der Waals surface area contributed by atoms with Gasteiger partial charge in [0.1, 0.15) is 0 Å². The summed E-state index contributed by atoms with van der Waals surface area (Å²) in [6.45, 7) is 5.38. The van der Waals surface area contributed by atoms with E-state index >= 15 is 0 Å². The number of rotatable bonds is 3. The summed E-state index contributed by atoms with van der Waals surface area (Å²) < 4.78 is 5.74. The highest BCUT2D eigenvalue weighted by Crippen LogP contribution is 2.33. The van der Waals surface area contributed by atoms with Crippen LogP contribution >= 0.6 is 0 Å². The average molecular weight is 265 g/mol. The lowest BCUT2D eigenvalue weighted by Gasteiger charge is -2.41. The van der Waals surface area contributed by atoms with Crippen molar-refractivity contribution in [3.8, 4) is 0 Å². The van der Waals surface area contributed by atoms with Crippen molar-refractivity contribution < 1.29 is 4.74 Å². The Bertz CT molecular complexity index is 584. The van der Waals surface area contributed by atoms with Crippen LogP contribution < -0.4 is 11.2 Å². The van der Waals surface area contributed by atoms with Crippen molar-refractivity contribution in [2.45, 2.75) is 58.0 Å². The van der Waals surface area contributed by atoms with Crippen LogP contribution in [0.3, 0.4) is 0 Å². The summed E-state index contributed by atoms with van der Waals surface area (Å²) in [5.41, 5.74) is 0.797. The molecule has 0 atom stereocenters. The average Bonchev–Trinajstić information content (AvgIpc) is 2.65. The van der Waals surface area contributed by atoms with Crippen molar-refractivity contribution >= 4 is 0 Å². The molecule has 1 aliphatic carbocycles. The minimum atomic E-state index is -0.416. The highest BCUT2D eigenvalue weighted by atomic mass is 16.5. The topological polar surface area (TPSA) is 78.2 Å². The molecule has 1 aliphatic heterocycles. The molecule has 0 amide bonds. The lowest BCUT2D eigenvalue weighted by molar-refractivity contribution is -0.0780. The number of ether oxygens (including phenoxy) is 1. The minimum absolute atomic E-state index is 0.254. The van der Waals surface area contributed by atoms with Crippen LogP contribution in [0.4, 0.5) is 0 Å². The first-order valence-corrected chi connectivity index (χ1v) is 6.77. The molecule has 1 fully saturated rings.